The standard InChI is InChI=1S/C15H22ClN5O/c16-13-10-15(20-5-7-22-8-6-20)21-14(18-13)9-12(19-21)11-3-1-2-4-17-11/h9-12,17,19H,1-8H2. The summed E-state index contributed by atoms with van der Waals surface area (Å²) in [4.78, 5) is 6.78. The molecule has 0 aliphatic carbocycles. The van der Waals surface area contributed by atoms with Gasteiger partial charge in [0.05, 0.1) is 19.3 Å². The molecule has 2 saturated heterocycles. The summed E-state index contributed by atoms with van der Waals surface area (Å²) in [6, 6.07) is 0.734. The van der Waals surface area contributed by atoms with Crippen molar-refractivity contribution in [2.24, 2.45) is 4.99 Å². The maximum Gasteiger partial charge on any atom is 0.148 e. The number of hydrazine groups is 1. The van der Waals surface area contributed by atoms with Crippen LogP contribution in [-0.4, -0.2) is 60.0 Å². The van der Waals surface area contributed by atoms with Gasteiger partial charge in [0, 0.05) is 25.2 Å². The molecule has 0 spiro atoms. The Morgan fingerprint density at radius 1 is 1.27 bits per heavy atom. The summed E-state index contributed by atoms with van der Waals surface area (Å²) in [5.74, 6) is 1.99. The van der Waals surface area contributed by atoms with Crippen molar-refractivity contribution < 1.29 is 4.74 Å². The maximum atomic E-state index is 6.24. The van der Waals surface area contributed by atoms with Gasteiger partial charge in [-0.1, -0.05) is 18.0 Å². The van der Waals surface area contributed by atoms with Crippen molar-refractivity contribution >= 4 is 16.8 Å². The number of nitrogens with one attached hydrogen (secondary N) is 2. The molecular weight excluding hydrogens is 302 g/mol. The number of hydrogen-bond acceptors (Lipinski definition) is 6. The van der Waals surface area contributed by atoms with Crippen LogP contribution in [0.2, 0.25) is 0 Å². The van der Waals surface area contributed by atoms with Gasteiger partial charge in [0.25, 0.3) is 0 Å². The highest BCUT2D eigenvalue weighted by atomic mass is 35.5. The minimum absolute atomic E-state index is 0.269. The molecule has 22 heavy (non-hydrogen) atoms. The fraction of sp³-hybridized carbons (Fsp3) is 0.667. The van der Waals surface area contributed by atoms with Gasteiger partial charge in [-0.3, -0.25) is 0 Å². The maximum absolute atomic E-state index is 6.24. The highest BCUT2D eigenvalue weighted by Crippen LogP contribution is 2.29. The van der Waals surface area contributed by atoms with E-state index < -0.39 is 0 Å². The summed E-state index contributed by atoms with van der Waals surface area (Å²) in [7, 11) is 0. The molecule has 4 heterocycles. The predicted molar refractivity (Wildman–Crippen MR) is 86.3 cm³/mol. The quantitative estimate of drug-likeness (QED) is 0.793. The average Bonchev–Trinajstić information content (AvgIpc) is 2.99. The van der Waals surface area contributed by atoms with Crippen LogP contribution in [0.3, 0.4) is 0 Å². The molecule has 4 aliphatic rings. The van der Waals surface area contributed by atoms with Gasteiger partial charge >= 0.3 is 0 Å². The molecule has 2 fully saturated rings. The van der Waals surface area contributed by atoms with E-state index in [2.05, 4.69) is 31.7 Å². The number of ether oxygens (including phenoxy) is 1. The Labute approximate surface area is 135 Å². The van der Waals surface area contributed by atoms with Gasteiger partial charge in [-0.2, -0.15) is 0 Å². The molecule has 6 nitrogen and oxygen atoms in total. The summed E-state index contributed by atoms with van der Waals surface area (Å²) >= 11 is 6.24. The lowest BCUT2D eigenvalue weighted by atomic mass is 9.98. The van der Waals surface area contributed by atoms with Gasteiger partial charge in [0.15, 0.2) is 0 Å². The van der Waals surface area contributed by atoms with E-state index >= 15 is 0 Å². The van der Waals surface area contributed by atoms with E-state index in [0.29, 0.717) is 11.2 Å². The smallest absolute Gasteiger partial charge is 0.148 e. The SMILES string of the molecule is ClC1=NC2=CC(C3CCCCN3)NN2C(N2CCOCC2)=C1. The third-order valence-electron chi connectivity index (χ3n) is 4.65. The second kappa shape index (κ2) is 6.20. The Morgan fingerprint density at radius 2 is 2.14 bits per heavy atom. The molecule has 0 radical (unpaired) electrons. The molecule has 0 amide bonds. The first kappa shape index (κ1) is 14.5. The normalized spacial score (nSPS) is 32.3. The number of rotatable bonds is 2. The summed E-state index contributed by atoms with van der Waals surface area (Å²) in [5, 5.41) is 6.23. The Balaban J connectivity index is 1.54. The molecular formula is C15H22ClN5O. The summed E-state index contributed by atoms with van der Waals surface area (Å²) in [6.07, 6.45) is 7.89. The van der Waals surface area contributed by atoms with Crippen molar-refractivity contribution in [2.75, 3.05) is 32.8 Å². The number of allylic oxidation sites excluding steroid dienone is 1. The number of morpholine rings is 1. The number of halogens is 1. The van der Waals surface area contributed by atoms with E-state index in [1.165, 1.54) is 19.3 Å². The first-order chi connectivity index (χ1) is 10.8. The summed E-state index contributed by atoms with van der Waals surface area (Å²) < 4.78 is 5.45. The van der Waals surface area contributed by atoms with Crippen molar-refractivity contribution in [1.82, 2.24) is 20.7 Å². The van der Waals surface area contributed by atoms with Crippen molar-refractivity contribution in [1.29, 1.82) is 0 Å². The molecule has 2 atom stereocenters. The molecule has 0 aromatic heterocycles. The zero-order valence-corrected chi connectivity index (χ0v) is 13.4. The van der Waals surface area contributed by atoms with E-state index in [0.717, 1.165) is 44.5 Å². The van der Waals surface area contributed by atoms with Crippen LogP contribution in [0, 0.1) is 0 Å². The van der Waals surface area contributed by atoms with Gasteiger partial charge in [-0.05, 0) is 25.5 Å². The number of fused-ring (bicyclic) bond motifs is 1. The van der Waals surface area contributed by atoms with Gasteiger partial charge in [-0.25, -0.2) is 15.4 Å². The van der Waals surface area contributed by atoms with Crippen LogP contribution >= 0.6 is 11.6 Å². The van der Waals surface area contributed by atoms with Crippen molar-refractivity contribution in [3.8, 4) is 0 Å². The molecule has 7 heteroatoms. The third kappa shape index (κ3) is 2.76. The Bertz CT molecular complexity index is 520. The highest BCUT2D eigenvalue weighted by molar-refractivity contribution is 6.68. The molecule has 0 saturated carbocycles. The summed E-state index contributed by atoms with van der Waals surface area (Å²) in [6.45, 7) is 4.38. The van der Waals surface area contributed by atoms with Crippen LogP contribution in [0.25, 0.3) is 0 Å². The lowest BCUT2D eigenvalue weighted by Gasteiger charge is -2.38. The largest absolute Gasteiger partial charge is 0.378 e. The van der Waals surface area contributed by atoms with Crippen molar-refractivity contribution in [3.05, 3.63) is 23.8 Å². The fourth-order valence-electron chi connectivity index (χ4n) is 3.49. The highest BCUT2D eigenvalue weighted by Gasteiger charge is 2.35. The van der Waals surface area contributed by atoms with Crippen molar-refractivity contribution in [2.45, 2.75) is 31.3 Å². The van der Waals surface area contributed by atoms with Crippen LogP contribution in [0.1, 0.15) is 19.3 Å². The lowest BCUT2D eigenvalue weighted by Crippen LogP contribution is -2.52. The molecule has 2 N–H and O–H groups in total. The molecule has 0 bridgehead atoms. The van der Waals surface area contributed by atoms with Crippen LogP contribution < -0.4 is 10.7 Å². The van der Waals surface area contributed by atoms with E-state index in [1.54, 1.807) is 0 Å². The van der Waals surface area contributed by atoms with Gasteiger partial charge in [-0.15, -0.1) is 0 Å². The Hall–Kier alpha value is -1.08. The van der Waals surface area contributed by atoms with Crippen LogP contribution in [-0.2, 0) is 4.74 Å². The summed E-state index contributed by atoms with van der Waals surface area (Å²) in [5.41, 5.74) is 3.59. The van der Waals surface area contributed by atoms with Gasteiger partial charge < -0.3 is 15.0 Å². The second-order valence-electron chi connectivity index (χ2n) is 6.11. The van der Waals surface area contributed by atoms with E-state index in [1.807, 2.05) is 6.08 Å². The number of nitrogens with zero attached hydrogens (tertiary/aromatic N) is 3. The van der Waals surface area contributed by atoms with Gasteiger partial charge in [0.2, 0.25) is 0 Å². The average molecular weight is 324 g/mol. The lowest BCUT2D eigenvalue weighted by molar-refractivity contribution is 0.0356. The molecule has 0 aromatic rings. The predicted octanol–water partition coefficient (Wildman–Crippen LogP) is 0.983. The monoisotopic (exact) mass is 323 g/mol. The zero-order valence-electron chi connectivity index (χ0n) is 12.6. The topological polar surface area (TPSA) is 52.1 Å². The van der Waals surface area contributed by atoms with E-state index in [9.17, 15) is 0 Å². The molecule has 120 valence electrons. The fourth-order valence-corrected chi connectivity index (χ4v) is 3.67. The van der Waals surface area contributed by atoms with Crippen LogP contribution in [0.4, 0.5) is 0 Å². The van der Waals surface area contributed by atoms with E-state index in [4.69, 9.17) is 16.3 Å². The van der Waals surface area contributed by atoms with Crippen LogP contribution in [0.15, 0.2) is 28.8 Å². The minimum atomic E-state index is 0.269. The van der Waals surface area contributed by atoms with Crippen LogP contribution in [0.5, 0.6) is 0 Å². The van der Waals surface area contributed by atoms with Crippen molar-refractivity contribution in [3.63, 3.8) is 0 Å². The van der Waals surface area contributed by atoms with Gasteiger partial charge in [0.1, 0.15) is 16.8 Å². The number of piperidine rings is 1. The Kier molecular flexibility index (Phi) is 4.09. The molecule has 4 rings (SSSR count). The molecule has 2 unspecified atom stereocenters. The molecule has 0 aromatic carbocycles. The second-order valence-corrected chi connectivity index (χ2v) is 6.50. The third-order valence-corrected chi connectivity index (χ3v) is 4.85. The number of hydrogen-bond donors (Lipinski definition) is 2. The zero-order chi connectivity index (χ0) is 14.9. The first-order valence-corrected chi connectivity index (χ1v) is 8.49. The molecule has 4 aliphatic heterocycles. The Morgan fingerprint density at radius 3 is 2.91 bits per heavy atom. The first-order valence-electron chi connectivity index (χ1n) is 8.11. The number of aliphatic imine (C=N–C) groups is 1. The minimum Gasteiger partial charge on any atom is -0.378 e. The van der Waals surface area contributed by atoms with E-state index in [-0.39, 0.29) is 6.04 Å².